The topological polar surface area (TPSA) is 101 Å². The van der Waals surface area contributed by atoms with Crippen LogP contribution in [0.2, 0.25) is 0 Å². The van der Waals surface area contributed by atoms with E-state index in [0.717, 1.165) is 18.6 Å². The van der Waals surface area contributed by atoms with E-state index >= 15 is 0 Å². The average molecular weight is 460 g/mol. The van der Waals surface area contributed by atoms with Crippen molar-refractivity contribution in [1.29, 1.82) is 0 Å². The number of furan rings is 1. The smallest absolute Gasteiger partial charge is 0.253 e. The van der Waals surface area contributed by atoms with Gasteiger partial charge in [-0.15, -0.1) is 11.8 Å². The third kappa shape index (κ3) is 8.86. The molecule has 8 heteroatoms. The van der Waals surface area contributed by atoms with Gasteiger partial charge in [0.2, 0.25) is 5.91 Å². The number of hydrogen-bond acceptors (Lipinski definition) is 6. The molecule has 0 aliphatic carbocycles. The first-order chi connectivity index (χ1) is 15.4. The zero-order chi connectivity index (χ0) is 23.3. The van der Waals surface area contributed by atoms with E-state index in [1.807, 2.05) is 32.9 Å². The van der Waals surface area contributed by atoms with E-state index in [1.165, 1.54) is 18.0 Å². The van der Waals surface area contributed by atoms with Crippen LogP contribution in [-0.4, -0.2) is 40.4 Å². The van der Waals surface area contributed by atoms with Crippen LogP contribution in [-0.2, 0) is 15.3 Å². The highest BCUT2D eigenvalue weighted by Gasteiger charge is 2.27. The van der Waals surface area contributed by atoms with Crippen molar-refractivity contribution in [2.45, 2.75) is 64.3 Å². The van der Waals surface area contributed by atoms with Gasteiger partial charge in [-0.3, -0.25) is 19.4 Å². The molecule has 0 fully saturated rings. The molecule has 0 saturated heterocycles. The first-order valence-electron chi connectivity index (χ1n) is 11.0. The van der Waals surface area contributed by atoms with Gasteiger partial charge in [-0.1, -0.05) is 33.6 Å². The van der Waals surface area contributed by atoms with Gasteiger partial charge in [-0.05, 0) is 43.0 Å². The molecule has 174 valence electrons. The summed E-state index contributed by atoms with van der Waals surface area (Å²) in [5.74, 6) is 1.17. The van der Waals surface area contributed by atoms with Crippen molar-refractivity contribution in [3.05, 3.63) is 54.2 Å². The van der Waals surface area contributed by atoms with Crippen LogP contribution in [0.25, 0.3) is 0 Å². The highest BCUT2D eigenvalue weighted by Crippen LogP contribution is 2.15. The highest BCUT2D eigenvalue weighted by atomic mass is 32.2. The number of ketones is 1. The number of hydrogen-bond donors (Lipinski definition) is 2. The van der Waals surface area contributed by atoms with Gasteiger partial charge < -0.3 is 15.1 Å². The Morgan fingerprint density at radius 1 is 1.12 bits per heavy atom. The number of Topliss-reactive ketones (excluding diaryl/α,β-unsaturated/α-hetero) is 1. The Hall–Kier alpha value is -2.61. The summed E-state index contributed by atoms with van der Waals surface area (Å²) in [6.07, 6.45) is 7.46. The summed E-state index contributed by atoms with van der Waals surface area (Å²) in [6.45, 7) is 6.02. The van der Waals surface area contributed by atoms with Crippen LogP contribution in [0.5, 0.6) is 0 Å². The minimum Gasteiger partial charge on any atom is -0.468 e. The average Bonchev–Trinajstić information content (AvgIpc) is 3.29. The van der Waals surface area contributed by atoms with Gasteiger partial charge in [0, 0.05) is 12.4 Å². The van der Waals surface area contributed by atoms with Crippen molar-refractivity contribution in [3.63, 3.8) is 0 Å². The van der Waals surface area contributed by atoms with Crippen LogP contribution in [0.3, 0.4) is 0 Å². The molecule has 0 aliphatic heterocycles. The van der Waals surface area contributed by atoms with Gasteiger partial charge in [0.15, 0.2) is 5.78 Å². The summed E-state index contributed by atoms with van der Waals surface area (Å²) in [4.78, 5) is 42.4. The predicted octanol–water partition coefficient (Wildman–Crippen LogP) is 4.00. The fraction of sp³-hybridized carbons (Fsp3) is 0.500. The molecule has 32 heavy (non-hydrogen) atoms. The number of carbonyl (C=O) groups is 3. The van der Waals surface area contributed by atoms with Crippen molar-refractivity contribution in [2.24, 2.45) is 5.92 Å². The molecule has 0 aliphatic rings. The Bertz CT molecular complexity index is 840. The fourth-order valence-corrected chi connectivity index (χ4v) is 4.05. The third-order valence-electron chi connectivity index (χ3n) is 4.87. The molecule has 2 amide bonds. The van der Waals surface area contributed by atoms with E-state index in [1.54, 1.807) is 24.6 Å². The number of thioether (sulfide) groups is 1. The van der Waals surface area contributed by atoms with Crippen LogP contribution in [0, 0.1) is 5.92 Å². The lowest BCUT2D eigenvalue weighted by molar-refractivity contribution is -0.128. The summed E-state index contributed by atoms with van der Waals surface area (Å²) in [5, 5.41) is 5.71. The second kappa shape index (κ2) is 13.7. The van der Waals surface area contributed by atoms with E-state index in [-0.39, 0.29) is 29.3 Å². The minimum atomic E-state index is -0.726. The van der Waals surface area contributed by atoms with Crippen LogP contribution >= 0.6 is 11.8 Å². The van der Waals surface area contributed by atoms with E-state index in [9.17, 15) is 14.4 Å². The maximum atomic E-state index is 13.1. The van der Waals surface area contributed by atoms with Gasteiger partial charge >= 0.3 is 0 Å². The molecule has 0 spiro atoms. The largest absolute Gasteiger partial charge is 0.468 e. The molecule has 2 N–H and O–H groups in total. The molecule has 0 unspecified atom stereocenters. The summed E-state index contributed by atoms with van der Waals surface area (Å²) in [5.41, 5.74) is 0.391. The quantitative estimate of drug-likeness (QED) is 0.443. The van der Waals surface area contributed by atoms with Gasteiger partial charge in [-0.25, -0.2) is 0 Å². The zero-order valence-corrected chi connectivity index (χ0v) is 19.8. The van der Waals surface area contributed by atoms with E-state index in [0.29, 0.717) is 24.2 Å². The zero-order valence-electron chi connectivity index (χ0n) is 19.0. The SMILES string of the molecule is CCCC[C@H](NC(=O)[C@H](CC(C)C)NC(=O)c1cccnc1)C(=O)CSCc1ccco1. The van der Waals surface area contributed by atoms with Gasteiger partial charge in [0.25, 0.3) is 5.91 Å². The Morgan fingerprint density at radius 3 is 2.56 bits per heavy atom. The first kappa shape index (κ1) is 25.6. The van der Waals surface area contributed by atoms with Crippen LogP contribution < -0.4 is 10.6 Å². The minimum absolute atomic E-state index is 0.0229. The van der Waals surface area contributed by atoms with Crippen molar-refractivity contribution in [3.8, 4) is 0 Å². The number of nitrogens with one attached hydrogen (secondary N) is 2. The van der Waals surface area contributed by atoms with Crippen LogP contribution in [0.1, 0.15) is 62.6 Å². The number of carbonyl (C=O) groups excluding carboxylic acids is 3. The second-order valence-corrected chi connectivity index (χ2v) is 9.12. The predicted molar refractivity (Wildman–Crippen MR) is 126 cm³/mol. The monoisotopic (exact) mass is 459 g/mol. The summed E-state index contributed by atoms with van der Waals surface area (Å²) in [7, 11) is 0. The molecule has 0 bridgehead atoms. The lowest BCUT2D eigenvalue weighted by Gasteiger charge is -2.24. The molecule has 2 aromatic heterocycles. The Balaban J connectivity index is 2.00. The molecule has 0 radical (unpaired) electrons. The van der Waals surface area contributed by atoms with E-state index in [4.69, 9.17) is 4.42 Å². The van der Waals surface area contributed by atoms with E-state index in [2.05, 4.69) is 15.6 Å². The Kier molecular flexibility index (Phi) is 11.0. The maximum Gasteiger partial charge on any atom is 0.253 e. The normalized spacial score (nSPS) is 12.9. The number of rotatable bonds is 14. The van der Waals surface area contributed by atoms with Crippen molar-refractivity contribution in [2.75, 3.05) is 5.75 Å². The Labute approximate surface area is 194 Å². The van der Waals surface area contributed by atoms with Crippen LogP contribution in [0.4, 0.5) is 0 Å². The number of unbranched alkanes of at least 4 members (excludes halogenated alkanes) is 1. The lowest BCUT2D eigenvalue weighted by Crippen LogP contribution is -2.52. The van der Waals surface area contributed by atoms with Crippen molar-refractivity contribution < 1.29 is 18.8 Å². The Morgan fingerprint density at radius 2 is 1.94 bits per heavy atom. The molecular weight excluding hydrogens is 426 g/mol. The highest BCUT2D eigenvalue weighted by molar-refractivity contribution is 7.99. The lowest BCUT2D eigenvalue weighted by atomic mass is 10.0. The van der Waals surface area contributed by atoms with E-state index < -0.39 is 12.1 Å². The number of pyridine rings is 1. The summed E-state index contributed by atoms with van der Waals surface area (Å²) < 4.78 is 5.30. The number of aromatic nitrogens is 1. The molecule has 0 aromatic carbocycles. The molecule has 2 aromatic rings. The third-order valence-corrected chi connectivity index (χ3v) is 5.85. The molecule has 2 atom stereocenters. The van der Waals surface area contributed by atoms with Gasteiger partial charge in [-0.2, -0.15) is 0 Å². The van der Waals surface area contributed by atoms with Gasteiger partial charge in [0.1, 0.15) is 11.8 Å². The molecule has 7 nitrogen and oxygen atoms in total. The first-order valence-corrected chi connectivity index (χ1v) is 12.2. The standard InChI is InChI=1S/C24H33N3O4S/c1-4-5-10-20(22(28)16-32-15-19-9-7-12-31-19)26-24(30)21(13-17(2)3)27-23(29)18-8-6-11-25-14-18/h6-9,11-12,14,17,20-21H,4-5,10,13,15-16H2,1-3H3,(H,26,30)(H,27,29)/t20-,21-/m0/s1. The number of nitrogens with zero attached hydrogens (tertiary/aromatic N) is 1. The maximum absolute atomic E-state index is 13.1. The second-order valence-electron chi connectivity index (χ2n) is 8.14. The van der Waals surface area contributed by atoms with Crippen LogP contribution in [0.15, 0.2) is 47.3 Å². The summed E-state index contributed by atoms with van der Waals surface area (Å²) in [6, 6.07) is 5.71. The fourth-order valence-electron chi connectivity index (χ4n) is 3.18. The number of amides is 2. The molecular formula is C24H33N3O4S. The summed E-state index contributed by atoms with van der Waals surface area (Å²) >= 11 is 1.46. The molecule has 2 heterocycles. The van der Waals surface area contributed by atoms with Gasteiger partial charge in [0.05, 0.1) is 29.4 Å². The van der Waals surface area contributed by atoms with Crippen molar-refractivity contribution in [1.82, 2.24) is 15.6 Å². The molecule has 2 rings (SSSR count). The van der Waals surface area contributed by atoms with Crippen molar-refractivity contribution >= 4 is 29.4 Å². The molecule has 0 saturated carbocycles.